The maximum Gasteiger partial charge on any atom is 0.0509 e. The van der Waals surface area contributed by atoms with Crippen LogP contribution in [0.1, 0.15) is 32.6 Å². The molecule has 2 aliphatic rings. The molecule has 1 N–H and O–H groups in total. The van der Waals surface area contributed by atoms with Gasteiger partial charge in [-0.15, -0.1) is 0 Å². The van der Waals surface area contributed by atoms with E-state index < -0.39 is 0 Å². The van der Waals surface area contributed by atoms with E-state index in [0.717, 1.165) is 31.0 Å². The van der Waals surface area contributed by atoms with Gasteiger partial charge in [0.1, 0.15) is 0 Å². The molecule has 0 radical (unpaired) electrons. The lowest BCUT2D eigenvalue weighted by molar-refractivity contribution is 0.0296. The lowest BCUT2D eigenvalue weighted by atomic mass is 9.83. The molecule has 2 fully saturated rings. The summed E-state index contributed by atoms with van der Waals surface area (Å²) in [4.78, 5) is 0. The van der Waals surface area contributed by atoms with Crippen LogP contribution in [0.15, 0.2) is 0 Å². The van der Waals surface area contributed by atoms with Crippen molar-refractivity contribution in [1.29, 1.82) is 0 Å². The third-order valence-electron chi connectivity index (χ3n) is 3.97. The SMILES string of the molecule is CNC(C1CCCOC1)C(C)C1CC1. The molecular weight excluding hydrogens is 174 g/mol. The molecule has 2 rings (SSSR count). The van der Waals surface area contributed by atoms with E-state index in [-0.39, 0.29) is 0 Å². The Morgan fingerprint density at radius 3 is 2.50 bits per heavy atom. The lowest BCUT2D eigenvalue weighted by Gasteiger charge is -2.34. The molecule has 82 valence electrons. The van der Waals surface area contributed by atoms with E-state index in [4.69, 9.17) is 4.74 Å². The summed E-state index contributed by atoms with van der Waals surface area (Å²) in [5.41, 5.74) is 0. The van der Waals surface area contributed by atoms with E-state index in [0.29, 0.717) is 6.04 Å². The number of ether oxygens (including phenoxy) is 1. The van der Waals surface area contributed by atoms with Gasteiger partial charge in [0.15, 0.2) is 0 Å². The largest absolute Gasteiger partial charge is 0.381 e. The predicted octanol–water partition coefficient (Wildman–Crippen LogP) is 2.05. The van der Waals surface area contributed by atoms with Crippen LogP contribution in [0.4, 0.5) is 0 Å². The van der Waals surface area contributed by atoms with Gasteiger partial charge >= 0.3 is 0 Å². The molecule has 0 amide bonds. The smallest absolute Gasteiger partial charge is 0.0509 e. The van der Waals surface area contributed by atoms with Crippen molar-refractivity contribution in [3.8, 4) is 0 Å². The van der Waals surface area contributed by atoms with Crippen LogP contribution in [-0.4, -0.2) is 26.3 Å². The van der Waals surface area contributed by atoms with E-state index in [1.54, 1.807) is 0 Å². The Morgan fingerprint density at radius 1 is 1.21 bits per heavy atom. The maximum absolute atomic E-state index is 5.58. The molecule has 0 spiro atoms. The molecule has 14 heavy (non-hydrogen) atoms. The third kappa shape index (κ3) is 2.29. The quantitative estimate of drug-likeness (QED) is 0.744. The zero-order valence-corrected chi connectivity index (χ0v) is 9.46. The predicted molar refractivity (Wildman–Crippen MR) is 58.3 cm³/mol. The summed E-state index contributed by atoms with van der Waals surface area (Å²) >= 11 is 0. The molecule has 1 heterocycles. The molecule has 1 aliphatic carbocycles. The summed E-state index contributed by atoms with van der Waals surface area (Å²) in [7, 11) is 2.11. The van der Waals surface area contributed by atoms with Crippen molar-refractivity contribution < 1.29 is 4.74 Å². The standard InChI is InChI=1S/C12H23NO/c1-9(10-5-6-10)12(13-2)11-4-3-7-14-8-11/h9-13H,3-8H2,1-2H3. The molecule has 1 saturated heterocycles. The monoisotopic (exact) mass is 197 g/mol. The molecule has 1 saturated carbocycles. The van der Waals surface area contributed by atoms with Crippen LogP contribution in [0.5, 0.6) is 0 Å². The first kappa shape index (κ1) is 10.4. The summed E-state index contributed by atoms with van der Waals surface area (Å²) in [5, 5.41) is 3.51. The molecule has 2 nitrogen and oxygen atoms in total. The van der Waals surface area contributed by atoms with Crippen LogP contribution >= 0.6 is 0 Å². The van der Waals surface area contributed by atoms with Crippen molar-refractivity contribution in [2.75, 3.05) is 20.3 Å². The van der Waals surface area contributed by atoms with E-state index >= 15 is 0 Å². The zero-order valence-electron chi connectivity index (χ0n) is 9.46. The molecule has 0 aromatic rings. The van der Waals surface area contributed by atoms with Gasteiger partial charge in [0.25, 0.3) is 0 Å². The van der Waals surface area contributed by atoms with Crippen molar-refractivity contribution >= 4 is 0 Å². The Kier molecular flexibility index (Phi) is 3.45. The molecule has 2 heteroatoms. The highest BCUT2D eigenvalue weighted by Gasteiger charge is 2.36. The highest BCUT2D eigenvalue weighted by Crippen LogP contribution is 2.40. The van der Waals surface area contributed by atoms with Crippen molar-refractivity contribution in [3.63, 3.8) is 0 Å². The fourth-order valence-electron chi connectivity index (χ4n) is 2.89. The first-order chi connectivity index (χ1) is 6.83. The number of nitrogens with one attached hydrogen (secondary N) is 1. The average Bonchev–Trinajstić information content (AvgIpc) is 3.03. The van der Waals surface area contributed by atoms with Gasteiger partial charge in [-0.3, -0.25) is 0 Å². The molecule has 3 atom stereocenters. The van der Waals surface area contributed by atoms with Crippen LogP contribution in [-0.2, 0) is 4.74 Å². The van der Waals surface area contributed by atoms with Crippen LogP contribution in [0.3, 0.4) is 0 Å². The minimum Gasteiger partial charge on any atom is -0.381 e. The minimum absolute atomic E-state index is 0.683. The second-order valence-corrected chi connectivity index (χ2v) is 4.99. The second kappa shape index (κ2) is 4.63. The Hall–Kier alpha value is -0.0800. The Balaban J connectivity index is 1.89. The first-order valence-electron chi connectivity index (χ1n) is 6.08. The zero-order chi connectivity index (χ0) is 9.97. The molecule has 0 aromatic heterocycles. The van der Waals surface area contributed by atoms with Crippen molar-refractivity contribution in [2.24, 2.45) is 17.8 Å². The highest BCUT2D eigenvalue weighted by atomic mass is 16.5. The van der Waals surface area contributed by atoms with Crippen LogP contribution in [0.25, 0.3) is 0 Å². The van der Waals surface area contributed by atoms with Gasteiger partial charge in [-0.1, -0.05) is 6.92 Å². The van der Waals surface area contributed by atoms with Gasteiger partial charge in [0.05, 0.1) is 6.61 Å². The van der Waals surface area contributed by atoms with E-state index in [2.05, 4.69) is 19.3 Å². The Bertz CT molecular complexity index is 173. The van der Waals surface area contributed by atoms with Gasteiger partial charge in [-0.25, -0.2) is 0 Å². The van der Waals surface area contributed by atoms with E-state index in [1.807, 2.05) is 0 Å². The number of hydrogen-bond donors (Lipinski definition) is 1. The number of hydrogen-bond acceptors (Lipinski definition) is 2. The van der Waals surface area contributed by atoms with Crippen molar-refractivity contribution in [1.82, 2.24) is 5.32 Å². The van der Waals surface area contributed by atoms with E-state index in [9.17, 15) is 0 Å². The van der Waals surface area contributed by atoms with Crippen molar-refractivity contribution in [3.05, 3.63) is 0 Å². The normalized spacial score (nSPS) is 32.6. The summed E-state index contributed by atoms with van der Waals surface area (Å²) in [6.45, 7) is 4.36. The van der Waals surface area contributed by atoms with Crippen molar-refractivity contribution in [2.45, 2.75) is 38.6 Å². The fraction of sp³-hybridized carbons (Fsp3) is 1.00. The minimum atomic E-state index is 0.683. The van der Waals surface area contributed by atoms with Gasteiger partial charge in [0.2, 0.25) is 0 Å². The van der Waals surface area contributed by atoms with Gasteiger partial charge in [0, 0.05) is 12.6 Å². The van der Waals surface area contributed by atoms with Gasteiger partial charge in [-0.2, -0.15) is 0 Å². The number of rotatable bonds is 4. The Morgan fingerprint density at radius 2 is 2.00 bits per heavy atom. The highest BCUT2D eigenvalue weighted by molar-refractivity contribution is 4.90. The van der Waals surface area contributed by atoms with E-state index in [1.165, 1.54) is 25.7 Å². The average molecular weight is 197 g/mol. The Labute approximate surface area is 87.4 Å². The van der Waals surface area contributed by atoms with Gasteiger partial charge < -0.3 is 10.1 Å². The van der Waals surface area contributed by atoms with Crippen LogP contribution in [0.2, 0.25) is 0 Å². The summed E-state index contributed by atoms with van der Waals surface area (Å²) < 4.78 is 5.58. The topological polar surface area (TPSA) is 21.3 Å². The maximum atomic E-state index is 5.58. The molecular formula is C12H23NO. The summed E-state index contributed by atoms with van der Waals surface area (Å²) in [6, 6.07) is 0.683. The molecule has 3 unspecified atom stereocenters. The molecule has 0 bridgehead atoms. The second-order valence-electron chi connectivity index (χ2n) is 4.99. The molecule has 1 aliphatic heterocycles. The lowest BCUT2D eigenvalue weighted by Crippen LogP contribution is -2.43. The van der Waals surface area contributed by atoms with Crippen LogP contribution in [0, 0.1) is 17.8 Å². The third-order valence-corrected chi connectivity index (χ3v) is 3.97. The van der Waals surface area contributed by atoms with Gasteiger partial charge in [-0.05, 0) is 50.5 Å². The first-order valence-corrected chi connectivity index (χ1v) is 6.08. The van der Waals surface area contributed by atoms with Crippen LogP contribution < -0.4 is 5.32 Å². The molecule has 0 aromatic carbocycles. The summed E-state index contributed by atoms with van der Waals surface area (Å²) in [6.07, 6.45) is 5.50. The fourth-order valence-corrected chi connectivity index (χ4v) is 2.89. The summed E-state index contributed by atoms with van der Waals surface area (Å²) in [5.74, 6) is 2.59.